The lowest BCUT2D eigenvalue weighted by Gasteiger charge is -2.08. The van der Waals surface area contributed by atoms with Crippen LogP contribution in [0.2, 0.25) is 5.02 Å². The predicted octanol–water partition coefficient (Wildman–Crippen LogP) is 4.00. The van der Waals surface area contributed by atoms with Crippen molar-refractivity contribution in [3.63, 3.8) is 0 Å². The fraction of sp³-hybridized carbons (Fsp3) is 0.316. The van der Waals surface area contributed by atoms with Crippen LogP contribution >= 0.6 is 11.6 Å². The third kappa shape index (κ3) is 6.92. The molecule has 0 saturated heterocycles. The molecule has 2 aromatic carbocycles. The largest absolute Gasteiger partial charge is 0.494 e. The van der Waals surface area contributed by atoms with Crippen LogP contribution in [0.15, 0.2) is 48.5 Å². The summed E-state index contributed by atoms with van der Waals surface area (Å²) >= 11 is 5.80. The summed E-state index contributed by atoms with van der Waals surface area (Å²) in [6.45, 7) is 3.45. The molecule has 0 spiro atoms. The molecule has 4 nitrogen and oxygen atoms in total. The molecule has 0 aliphatic heterocycles. The molecule has 2 aromatic rings. The molecule has 5 heteroatoms. The van der Waals surface area contributed by atoms with Gasteiger partial charge in [-0.1, -0.05) is 29.3 Å². The SMILES string of the molecule is Cc1ccc(OCCCC(=O)NCCOc2ccc(Cl)cc2)cc1. The number of rotatable bonds is 9. The Hall–Kier alpha value is -2.20. The zero-order valence-electron chi connectivity index (χ0n) is 13.8. The van der Waals surface area contributed by atoms with Crippen molar-refractivity contribution in [2.24, 2.45) is 0 Å². The van der Waals surface area contributed by atoms with Gasteiger partial charge in [-0.2, -0.15) is 0 Å². The van der Waals surface area contributed by atoms with Gasteiger partial charge in [-0.25, -0.2) is 0 Å². The minimum Gasteiger partial charge on any atom is -0.494 e. The second-order valence-corrected chi connectivity index (χ2v) is 5.85. The predicted molar refractivity (Wildman–Crippen MR) is 95.9 cm³/mol. The highest BCUT2D eigenvalue weighted by Gasteiger charge is 2.02. The molecule has 2 rings (SSSR count). The second kappa shape index (κ2) is 9.83. The molecule has 1 N–H and O–H groups in total. The minimum atomic E-state index is 0.00205. The van der Waals surface area contributed by atoms with Gasteiger partial charge in [0.15, 0.2) is 0 Å². The van der Waals surface area contributed by atoms with Crippen molar-refractivity contribution in [3.8, 4) is 11.5 Å². The van der Waals surface area contributed by atoms with Gasteiger partial charge < -0.3 is 14.8 Å². The number of amides is 1. The summed E-state index contributed by atoms with van der Waals surface area (Å²) in [6.07, 6.45) is 1.12. The van der Waals surface area contributed by atoms with E-state index in [9.17, 15) is 4.79 Å². The smallest absolute Gasteiger partial charge is 0.220 e. The molecule has 0 bridgehead atoms. The van der Waals surface area contributed by atoms with Crippen molar-refractivity contribution >= 4 is 17.5 Å². The van der Waals surface area contributed by atoms with E-state index in [-0.39, 0.29) is 5.91 Å². The van der Waals surface area contributed by atoms with E-state index in [4.69, 9.17) is 21.1 Å². The van der Waals surface area contributed by atoms with Gasteiger partial charge >= 0.3 is 0 Å². The lowest BCUT2D eigenvalue weighted by molar-refractivity contribution is -0.121. The average molecular weight is 348 g/mol. The highest BCUT2D eigenvalue weighted by atomic mass is 35.5. The first kappa shape index (κ1) is 18.1. The molecule has 128 valence electrons. The first-order valence-corrected chi connectivity index (χ1v) is 8.36. The Morgan fingerprint density at radius 1 is 0.958 bits per heavy atom. The number of aryl methyl sites for hydroxylation is 1. The summed E-state index contributed by atoms with van der Waals surface area (Å²) in [5.74, 6) is 1.57. The van der Waals surface area contributed by atoms with Crippen LogP contribution in [0.4, 0.5) is 0 Å². The maximum absolute atomic E-state index is 11.7. The van der Waals surface area contributed by atoms with E-state index in [1.807, 2.05) is 31.2 Å². The van der Waals surface area contributed by atoms with Crippen LogP contribution in [-0.2, 0) is 4.79 Å². The summed E-state index contributed by atoms with van der Waals surface area (Å²) in [5.41, 5.74) is 1.20. The van der Waals surface area contributed by atoms with Crippen molar-refractivity contribution in [1.82, 2.24) is 5.32 Å². The number of carbonyl (C=O) groups excluding carboxylic acids is 1. The summed E-state index contributed by atoms with van der Waals surface area (Å²) in [5, 5.41) is 3.49. The van der Waals surface area contributed by atoms with Gasteiger partial charge in [0.1, 0.15) is 18.1 Å². The lowest BCUT2D eigenvalue weighted by atomic mass is 10.2. The normalized spacial score (nSPS) is 10.2. The zero-order valence-corrected chi connectivity index (χ0v) is 14.5. The first-order chi connectivity index (χ1) is 11.6. The summed E-state index contributed by atoms with van der Waals surface area (Å²) in [4.78, 5) is 11.7. The molecule has 0 heterocycles. The Labute approximate surface area is 147 Å². The van der Waals surface area contributed by atoms with Crippen molar-refractivity contribution in [2.45, 2.75) is 19.8 Å². The third-order valence-corrected chi connectivity index (χ3v) is 3.60. The number of carbonyl (C=O) groups is 1. The van der Waals surface area contributed by atoms with E-state index in [2.05, 4.69) is 5.32 Å². The van der Waals surface area contributed by atoms with Crippen LogP contribution < -0.4 is 14.8 Å². The number of hydrogen-bond donors (Lipinski definition) is 1. The molecule has 0 radical (unpaired) electrons. The van der Waals surface area contributed by atoms with Gasteiger partial charge in [-0.3, -0.25) is 4.79 Å². The number of benzene rings is 2. The Bertz CT molecular complexity index is 571. The van der Waals surface area contributed by atoms with Gasteiger partial charge in [0.05, 0.1) is 13.2 Å². The van der Waals surface area contributed by atoms with Crippen molar-refractivity contribution < 1.29 is 14.3 Å². The average Bonchev–Trinajstić information content (AvgIpc) is 2.59. The molecule has 1 amide bonds. The van der Waals surface area contributed by atoms with E-state index in [1.165, 1.54) is 5.56 Å². The molecule has 0 aromatic heterocycles. The Morgan fingerprint density at radius 2 is 1.54 bits per heavy atom. The molecule has 0 aliphatic carbocycles. The maximum atomic E-state index is 11.7. The molecule has 24 heavy (non-hydrogen) atoms. The Kier molecular flexibility index (Phi) is 7.43. The lowest BCUT2D eigenvalue weighted by Crippen LogP contribution is -2.28. The highest BCUT2D eigenvalue weighted by molar-refractivity contribution is 6.30. The van der Waals surface area contributed by atoms with Gasteiger partial charge in [0.25, 0.3) is 0 Å². The second-order valence-electron chi connectivity index (χ2n) is 5.42. The number of hydrogen-bond acceptors (Lipinski definition) is 3. The Balaban J connectivity index is 1.52. The summed E-state index contributed by atoms with van der Waals surface area (Å²) in [7, 11) is 0. The summed E-state index contributed by atoms with van der Waals surface area (Å²) < 4.78 is 11.1. The quantitative estimate of drug-likeness (QED) is 0.697. The molecule has 0 atom stereocenters. The van der Waals surface area contributed by atoms with Crippen LogP contribution in [-0.4, -0.2) is 25.7 Å². The topological polar surface area (TPSA) is 47.6 Å². The number of halogens is 1. The van der Waals surface area contributed by atoms with Crippen molar-refractivity contribution in [2.75, 3.05) is 19.8 Å². The fourth-order valence-electron chi connectivity index (χ4n) is 2.04. The monoisotopic (exact) mass is 347 g/mol. The van der Waals surface area contributed by atoms with Crippen LogP contribution in [0.3, 0.4) is 0 Å². The van der Waals surface area contributed by atoms with Gasteiger partial charge in [0, 0.05) is 11.4 Å². The molecule has 0 unspecified atom stereocenters. The van der Waals surface area contributed by atoms with Crippen molar-refractivity contribution in [1.29, 1.82) is 0 Å². The molecule has 0 aliphatic rings. The minimum absolute atomic E-state index is 0.00205. The fourth-order valence-corrected chi connectivity index (χ4v) is 2.16. The highest BCUT2D eigenvalue weighted by Crippen LogP contribution is 2.15. The first-order valence-electron chi connectivity index (χ1n) is 7.98. The zero-order chi connectivity index (χ0) is 17.2. The molecule has 0 fully saturated rings. The molecule has 0 saturated carbocycles. The summed E-state index contributed by atoms with van der Waals surface area (Å²) in [6, 6.07) is 15.0. The van der Waals surface area contributed by atoms with Crippen LogP contribution in [0.1, 0.15) is 18.4 Å². The van der Waals surface area contributed by atoms with Crippen LogP contribution in [0.25, 0.3) is 0 Å². The maximum Gasteiger partial charge on any atom is 0.220 e. The molecular weight excluding hydrogens is 326 g/mol. The van der Waals surface area contributed by atoms with Gasteiger partial charge in [0.2, 0.25) is 5.91 Å². The van der Waals surface area contributed by atoms with E-state index in [1.54, 1.807) is 24.3 Å². The van der Waals surface area contributed by atoms with Crippen LogP contribution in [0, 0.1) is 6.92 Å². The van der Waals surface area contributed by atoms with E-state index in [0.717, 1.165) is 11.5 Å². The number of nitrogens with one attached hydrogen (secondary N) is 1. The van der Waals surface area contributed by atoms with Crippen molar-refractivity contribution in [3.05, 3.63) is 59.1 Å². The molecular formula is C19H22ClNO3. The van der Waals surface area contributed by atoms with E-state index < -0.39 is 0 Å². The van der Waals surface area contributed by atoms with E-state index in [0.29, 0.717) is 37.6 Å². The standard InChI is InChI=1S/C19H22ClNO3/c1-15-4-8-17(9-5-15)23-13-2-3-19(22)21-12-14-24-18-10-6-16(20)7-11-18/h4-11H,2-3,12-14H2,1H3,(H,21,22). The van der Waals surface area contributed by atoms with E-state index >= 15 is 0 Å². The van der Waals surface area contributed by atoms with Gasteiger partial charge in [-0.05, 0) is 49.7 Å². The Morgan fingerprint density at radius 3 is 2.21 bits per heavy atom. The van der Waals surface area contributed by atoms with Crippen LogP contribution in [0.5, 0.6) is 11.5 Å². The third-order valence-electron chi connectivity index (χ3n) is 3.34. The number of ether oxygens (including phenoxy) is 2. The van der Waals surface area contributed by atoms with Gasteiger partial charge in [-0.15, -0.1) is 0 Å².